The van der Waals surface area contributed by atoms with Gasteiger partial charge >= 0.3 is 0 Å². The molecule has 0 aliphatic heterocycles. The first-order valence-corrected chi connectivity index (χ1v) is 6.53. The highest BCUT2D eigenvalue weighted by Crippen LogP contribution is 2.28. The van der Waals surface area contributed by atoms with Gasteiger partial charge in [0.1, 0.15) is 5.82 Å². The first kappa shape index (κ1) is 14.8. The number of anilines is 2. The van der Waals surface area contributed by atoms with Crippen LogP contribution in [-0.2, 0) is 0 Å². The second-order valence-electron chi connectivity index (χ2n) is 4.01. The van der Waals surface area contributed by atoms with Gasteiger partial charge in [-0.1, -0.05) is 0 Å². The normalized spacial score (nSPS) is 10.4. The maximum atomic E-state index is 13.7. The third kappa shape index (κ3) is 2.77. The minimum Gasteiger partial charge on any atom is -0.337 e. The van der Waals surface area contributed by atoms with Crippen LogP contribution in [0.4, 0.5) is 24.7 Å². The average molecular weight is 392 g/mol. The zero-order valence-corrected chi connectivity index (χ0v) is 12.3. The minimum atomic E-state index is -1.64. The predicted octanol–water partition coefficient (Wildman–Crippen LogP) is 3.97. The third-order valence-corrected chi connectivity index (χ3v) is 3.20. The Balaban J connectivity index is 2.53. The van der Waals surface area contributed by atoms with Gasteiger partial charge in [-0.05, 0) is 47.2 Å². The summed E-state index contributed by atoms with van der Waals surface area (Å²) in [5.41, 5.74) is -0.0743. The Bertz CT molecular complexity index is 692. The number of carbonyl (C=O) groups is 1. The number of benzene rings is 1. The molecule has 1 N–H and O–H groups in total. The summed E-state index contributed by atoms with van der Waals surface area (Å²) >= 11 is 2.05. The van der Waals surface area contributed by atoms with Crippen molar-refractivity contribution in [3.05, 3.63) is 50.5 Å². The van der Waals surface area contributed by atoms with Gasteiger partial charge < -0.3 is 5.32 Å². The second kappa shape index (κ2) is 5.78. The molecule has 0 spiro atoms. The molecular formula is C13H8F3IN2O. The second-order valence-corrected chi connectivity index (χ2v) is 5.26. The maximum Gasteiger partial charge on any atom is 0.196 e. The molecule has 3 nitrogen and oxygen atoms in total. The highest BCUT2D eigenvalue weighted by atomic mass is 127. The lowest BCUT2D eigenvalue weighted by molar-refractivity contribution is 0.112. The summed E-state index contributed by atoms with van der Waals surface area (Å²) in [4.78, 5) is 14.9. The monoisotopic (exact) mass is 392 g/mol. The van der Waals surface area contributed by atoms with Crippen LogP contribution in [-0.4, -0.2) is 11.3 Å². The SMILES string of the molecule is Cc1cc(I)cnc1Nc1c(C=O)cc(F)c(F)c1F. The van der Waals surface area contributed by atoms with Gasteiger partial charge in [-0.25, -0.2) is 18.2 Å². The molecule has 0 atom stereocenters. The van der Waals surface area contributed by atoms with Gasteiger partial charge in [0.2, 0.25) is 0 Å². The number of aldehydes is 1. The molecule has 0 fully saturated rings. The minimum absolute atomic E-state index is 0.246. The molecule has 0 bridgehead atoms. The van der Waals surface area contributed by atoms with Gasteiger partial charge in [-0.2, -0.15) is 0 Å². The molecule has 0 aliphatic rings. The molecule has 1 aromatic carbocycles. The molecule has 0 saturated carbocycles. The van der Waals surface area contributed by atoms with Crippen molar-refractivity contribution in [1.82, 2.24) is 4.98 Å². The predicted molar refractivity (Wildman–Crippen MR) is 76.7 cm³/mol. The number of pyridine rings is 1. The fourth-order valence-electron chi connectivity index (χ4n) is 1.62. The van der Waals surface area contributed by atoms with Crippen LogP contribution in [0.3, 0.4) is 0 Å². The molecule has 0 unspecified atom stereocenters. The van der Waals surface area contributed by atoms with Gasteiger partial charge in [-0.15, -0.1) is 0 Å². The van der Waals surface area contributed by atoms with E-state index in [2.05, 4.69) is 32.9 Å². The fourth-order valence-corrected chi connectivity index (χ4v) is 2.23. The lowest BCUT2D eigenvalue weighted by atomic mass is 10.1. The number of aryl methyl sites for hydroxylation is 1. The Morgan fingerprint density at radius 2 is 1.95 bits per heavy atom. The number of rotatable bonds is 3. The highest BCUT2D eigenvalue weighted by molar-refractivity contribution is 14.1. The molecule has 0 aliphatic carbocycles. The Labute approximate surface area is 126 Å². The number of halogens is 4. The quantitative estimate of drug-likeness (QED) is 0.489. The molecule has 1 aromatic heterocycles. The van der Waals surface area contributed by atoms with E-state index in [1.165, 1.54) is 6.20 Å². The summed E-state index contributed by atoms with van der Waals surface area (Å²) in [5, 5.41) is 2.53. The molecule has 0 saturated heterocycles. The molecule has 2 aromatic rings. The lowest BCUT2D eigenvalue weighted by Crippen LogP contribution is -2.06. The van der Waals surface area contributed by atoms with Crippen molar-refractivity contribution in [2.45, 2.75) is 6.92 Å². The number of carbonyl (C=O) groups excluding carboxylic acids is 1. The van der Waals surface area contributed by atoms with Crippen LogP contribution in [0.5, 0.6) is 0 Å². The molecule has 0 radical (unpaired) electrons. The number of hydrogen-bond acceptors (Lipinski definition) is 3. The highest BCUT2D eigenvalue weighted by Gasteiger charge is 2.19. The zero-order chi connectivity index (χ0) is 14.9. The van der Waals surface area contributed by atoms with E-state index in [0.717, 1.165) is 3.57 Å². The summed E-state index contributed by atoms with van der Waals surface area (Å²) in [7, 11) is 0. The first-order chi connectivity index (χ1) is 9.43. The van der Waals surface area contributed by atoms with E-state index >= 15 is 0 Å². The van der Waals surface area contributed by atoms with Crippen LogP contribution >= 0.6 is 22.6 Å². The van der Waals surface area contributed by atoms with Crippen LogP contribution in [0.1, 0.15) is 15.9 Å². The molecule has 1 heterocycles. The molecular weight excluding hydrogens is 384 g/mol. The third-order valence-electron chi connectivity index (χ3n) is 2.61. The van der Waals surface area contributed by atoms with Crippen molar-refractivity contribution in [3.63, 3.8) is 0 Å². The van der Waals surface area contributed by atoms with Crippen LogP contribution in [0.25, 0.3) is 0 Å². The number of nitrogens with zero attached hydrogens (tertiary/aromatic N) is 1. The van der Waals surface area contributed by atoms with Crippen molar-refractivity contribution in [1.29, 1.82) is 0 Å². The van der Waals surface area contributed by atoms with E-state index in [1.54, 1.807) is 13.0 Å². The Morgan fingerprint density at radius 1 is 1.25 bits per heavy atom. The van der Waals surface area contributed by atoms with Gasteiger partial charge in [0.15, 0.2) is 23.7 Å². The summed E-state index contributed by atoms with van der Waals surface area (Å²) in [6.45, 7) is 1.72. The smallest absolute Gasteiger partial charge is 0.196 e. The molecule has 2 rings (SSSR count). The van der Waals surface area contributed by atoms with E-state index in [0.29, 0.717) is 11.6 Å². The van der Waals surface area contributed by atoms with Crippen LogP contribution < -0.4 is 5.32 Å². The Morgan fingerprint density at radius 3 is 2.55 bits per heavy atom. The van der Waals surface area contributed by atoms with E-state index in [4.69, 9.17) is 0 Å². The summed E-state index contributed by atoms with van der Waals surface area (Å²) in [6, 6.07) is 2.41. The Hall–Kier alpha value is -1.64. The topological polar surface area (TPSA) is 42.0 Å². The standard InChI is InChI=1S/C13H8F3IN2O/c1-6-2-8(17)4-18-13(6)19-12-7(5-20)3-9(14)10(15)11(12)16/h2-5H,1H3,(H,18,19). The zero-order valence-electron chi connectivity index (χ0n) is 10.2. The number of aromatic nitrogens is 1. The van der Waals surface area contributed by atoms with Crippen molar-refractivity contribution in [2.24, 2.45) is 0 Å². The molecule has 20 heavy (non-hydrogen) atoms. The summed E-state index contributed by atoms with van der Waals surface area (Å²) in [6.07, 6.45) is 1.77. The van der Waals surface area contributed by atoms with E-state index in [9.17, 15) is 18.0 Å². The van der Waals surface area contributed by atoms with Gasteiger partial charge in [0, 0.05) is 15.3 Å². The van der Waals surface area contributed by atoms with Gasteiger partial charge in [0.25, 0.3) is 0 Å². The van der Waals surface area contributed by atoms with Crippen molar-refractivity contribution >= 4 is 40.4 Å². The van der Waals surface area contributed by atoms with Gasteiger partial charge in [0.05, 0.1) is 5.69 Å². The van der Waals surface area contributed by atoms with Crippen molar-refractivity contribution in [3.8, 4) is 0 Å². The van der Waals surface area contributed by atoms with Crippen molar-refractivity contribution in [2.75, 3.05) is 5.32 Å². The number of nitrogens with one attached hydrogen (secondary N) is 1. The lowest BCUT2D eigenvalue weighted by Gasteiger charge is -2.12. The number of hydrogen-bond donors (Lipinski definition) is 1. The first-order valence-electron chi connectivity index (χ1n) is 5.46. The van der Waals surface area contributed by atoms with Crippen LogP contribution in [0.15, 0.2) is 18.3 Å². The molecule has 0 amide bonds. The van der Waals surface area contributed by atoms with Crippen LogP contribution in [0.2, 0.25) is 0 Å². The molecule has 104 valence electrons. The summed E-state index contributed by atoms with van der Waals surface area (Å²) in [5.74, 6) is -4.24. The Kier molecular flexibility index (Phi) is 4.26. The van der Waals surface area contributed by atoms with Gasteiger partial charge in [-0.3, -0.25) is 4.79 Å². The van der Waals surface area contributed by atoms with E-state index < -0.39 is 23.1 Å². The van der Waals surface area contributed by atoms with E-state index in [1.807, 2.05) is 0 Å². The largest absolute Gasteiger partial charge is 0.337 e. The van der Waals surface area contributed by atoms with Crippen LogP contribution in [0, 0.1) is 27.9 Å². The maximum absolute atomic E-state index is 13.7. The molecule has 7 heteroatoms. The average Bonchev–Trinajstić information content (AvgIpc) is 2.41. The van der Waals surface area contributed by atoms with E-state index in [-0.39, 0.29) is 17.7 Å². The van der Waals surface area contributed by atoms with Crippen molar-refractivity contribution < 1.29 is 18.0 Å². The summed E-state index contributed by atoms with van der Waals surface area (Å²) < 4.78 is 40.9. The fraction of sp³-hybridized carbons (Fsp3) is 0.0769.